The Morgan fingerprint density at radius 1 is 0.689 bits per heavy atom. The van der Waals surface area contributed by atoms with Gasteiger partial charge in [0, 0.05) is 39.3 Å². The molecule has 45 heavy (non-hydrogen) atoms. The van der Waals surface area contributed by atoms with Crippen molar-refractivity contribution in [2.45, 2.75) is 26.2 Å². The van der Waals surface area contributed by atoms with Gasteiger partial charge < -0.3 is 9.52 Å². The van der Waals surface area contributed by atoms with Gasteiger partial charge in [0.2, 0.25) is 0 Å². The van der Waals surface area contributed by atoms with Gasteiger partial charge in [0.1, 0.15) is 22.7 Å². The SMILES string of the molecule is CC(C)(C)c1cccc(-c2nc3c(-c4cc(-c5ccccn5)cc5c4oc4ccccc45)cccc3n2-c2ccccc2)c1O. The summed E-state index contributed by atoms with van der Waals surface area (Å²) in [6, 6.07) is 40.8. The molecule has 1 N–H and O–H groups in total. The third-order valence-corrected chi connectivity index (χ3v) is 8.51. The number of para-hydroxylation sites is 4. The van der Waals surface area contributed by atoms with E-state index in [-0.39, 0.29) is 11.2 Å². The van der Waals surface area contributed by atoms with Gasteiger partial charge in [-0.3, -0.25) is 9.55 Å². The Balaban J connectivity index is 1.47. The maximum Gasteiger partial charge on any atom is 0.149 e. The highest BCUT2D eigenvalue weighted by molar-refractivity contribution is 6.13. The van der Waals surface area contributed by atoms with Crippen molar-refractivity contribution in [3.05, 3.63) is 133 Å². The Bertz CT molecular complexity index is 2360. The van der Waals surface area contributed by atoms with Crippen LogP contribution in [0.3, 0.4) is 0 Å². The van der Waals surface area contributed by atoms with E-state index in [1.165, 1.54) is 0 Å². The van der Waals surface area contributed by atoms with E-state index in [4.69, 9.17) is 9.40 Å². The van der Waals surface area contributed by atoms with Crippen molar-refractivity contribution in [3.63, 3.8) is 0 Å². The average molecular weight is 586 g/mol. The molecule has 5 aromatic carbocycles. The van der Waals surface area contributed by atoms with Crippen molar-refractivity contribution in [2.75, 3.05) is 0 Å². The normalized spacial score (nSPS) is 12.0. The highest BCUT2D eigenvalue weighted by Crippen LogP contribution is 2.44. The predicted octanol–water partition coefficient (Wildman–Crippen LogP) is 10.3. The topological polar surface area (TPSA) is 64.1 Å². The van der Waals surface area contributed by atoms with Crippen molar-refractivity contribution in [3.8, 4) is 45.2 Å². The molecule has 5 nitrogen and oxygen atoms in total. The summed E-state index contributed by atoms with van der Waals surface area (Å²) in [7, 11) is 0. The molecule has 0 saturated carbocycles. The number of rotatable bonds is 4. The third kappa shape index (κ3) is 4.39. The maximum absolute atomic E-state index is 11.7. The summed E-state index contributed by atoms with van der Waals surface area (Å²) >= 11 is 0. The van der Waals surface area contributed by atoms with Crippen LogP contribution in [-0.2, 0) is 5.41 Å². The van der Waals surface area contributed by atoms with Crippen molar-refractivity contribution >= 4 is 33.0 Å². The molecule has 0 bridgehead atoms. The fourth-order valence-electron chi connectivity index (χ4n) is 6.37. The second-order valence-corrected chi connectivity index (χ2v) is 12.4. The largest absolute Gasteiger partial charge is 0.507 e. The molecule has 0 aliphatic carbocycles. The second-order valence-electron chi connectivity index (χ2n) is 12.4. The van der Waals surface area contributed by atoms with Gasteiger partial charge in [-0.1, -0.05) is 87.5 Å². The Hall–Kier alpha value is -5.68. The van der Waals surface area contributed by atoms with E-state index in [0.29, 0.717) is 11.4 Å². The van der Waals surface area contributed by atoms with Gasteiger partial charge in [-0.15, -0.1) is 0 Å². The van der Waals surface area contributed by atoms with E-state index >= 15 is 0 Å². The van der Waals surface area contributed by atoms with Crippen LogP contribution >= 0.6 is 0 Å². The number of phenols is 1. The summed E-state index contributed by atoms with van der Waals surface area (Å²) in [5.41, 5.74) is 9.43. The summed E-state index contributed by atoms with van der Waals surface area (Å²) in [6.07, 6.45) is 1.82. The monoisotopic (exact) mass is 585 g/mol. The number of pyridine rings is 1. The molecule has 0 radical (unpaired) electrons. The van der Waals surface area contributed by atoms with Crippen molar-refractivity contribution in [1.29, 1.82) is 0 Å². The first-order valence-corrected chi connectivity index (χ1v) is 15.2. The van der Waals surface area contributed by atoms with Gasteiger partial charge in [0.25, 0.3) is 0 Å². The summed E-state index contributed by atoms with van der Waals surface area (Å²) in [5, 5.41) is 13.8. The number of hydrogen-bond acceptors (Lipinski definition) is 4. The Morgan fingerprint density at radius 2 is 1.44 bits per heavy atom. The number of aromatic hydroxyl groups is 1. The van der Waals surface area contributed by atoms with E-state index < -0.39 is 0 Å². The molecule has 0 unspecified atom stereocenters. The summed E-state index contributed by atoms with van der Waals surface area (Å²) in [6.45, 7) is 6.33. The lowest BCUT2D eigenvalue weighted by Crippen LogP contribution is -2.11. The summed E-state index contributed by atoms with van der Waals surface area (Å²) in [5.74, 6) is 0.921. The first kappa shape index (κ1) is 26.9. The third-order valence-electron chi connectivity index (χ3n) is 8.51. The fraction of sp³-hybridized carbons (Fsp3) is 0.100. The molecule has 0 atom stereocenters. The number of benzene rings is 5. The lowest BCUT2D eigenvalue weighted by atomic mass is 9.85. The summed E-state index contributed by atoms with van der Waals surface area (Å²) in [4.78, 5) is 10.0. The fourth-order valence-corrected chi connectivity index (χ4v) is 6.37. The molecular formula is C40H31N3O2. The molecule has 0 aliphatic heterocycles. The number of hydrogen-bond donors (Lipinski definition) is 1. The summed E-state index contributed by atoms with van der Waals surface area (Å²) < 4.78 is 8.70. The highest BCUT2D eigenvalue weighted by atomic mass is 16.3. The van der Waals surface area contributed by atoms with E-state index in [0.717, 1.165) is 66.6 Å². The van der Waals surface area contributed by atoms with Crippen molar-refractivity contribution in [1.82, 2.24) is 14.5 Å². The molecule has 5 heteroatoms. The van der Waals surface area contributed by atoms with E-state index in [2.05, 4.69) is 78.9 Å². The van der Waals surface area contributed by atoms with Crippen LogP contribution in [0.15, 0.2) is 132 Å². The minimum Gasteiger partial charge on any atom is -0.507 e. The molecule has 8 rings (SSSR count). The molecule has 0 amide bonds. The number of furan rings is 1. The number of phenolic OH excluding ortho intramolecular Hbond substituents is 1. The van der Waals surface area contributed by atoms with E-state index in [1.807, 2.05) is 79.0 Å². The molecule has 3 aromatic heterocycles. The van der Waals surface area contributed by atoms with Gasteiger partial charge in [-0.05, 0) is 65.6 Å². The molecule has 0 fully saturated rings. The molecule has 3 heterocycles. The number of fused-ring (bicyclic) bond motifs is 4. The second kappa shape index (κ2) is 10.2. The van der Waals surface area contributed by atoms with Crippen LogP contribution in [0, 0.1) is 0 Å². The lowest BCUT2D eigenvalue weighted by Gasteiger charge is -2.22. The molecular weight excluding hydrogens is 554 g/mol. The van der Waals surface area contributed by atoms with Crippen LogP contribution in [0.25, 0.3) is 72.4 Å². The Morgan fingerprint density at radius 3 is 2.24 bits per heavy atom. The number of nitrogens with zero attached hydrogens (tertiary/aromatic N) is 3. The standard InChI is InChI=1S/C40H31N3O2/c1-40(2,3)32-18-11-17-29(37(32)44)39-42-36-28(16-12-20-34(36)43(39)26-13-5-4-6-14-26)31-24-25(33-19-9-10-22-41-33)23-30-27-15-7-8-21-35(27)45-38(30)31/h4-24,44H,1-3H3. The van der Waals surface area contributed by atoms with Crippen LogP contribution < -0.4 is 0 Å². The predicted molar refractivity (Wildman–Crippen MR) is 183 cm³/mol. The molecule has 0 aliphatic rings. The minimum absolute atomic E-state index is 0.242. The van der Waals surface area contributed by atoms with E-state index in [9.17, 15) is 5.11 Å². The van der Waals surface area contributed by atoms with Gasteiger partial charge in [-0.2, -0.15) is 0 Å². The van der Waals surface area contributed by atoms with Gasteiger partial charge >= 0.3 is 0 Å². The van der Waals surface area contributed by atoms with Crippen molar-refractivity contribution in [2.24, 2.45) is 0 Å². The smallest absolute Gasteiger partial charge is 0.149 e. The molecule has 0 spiro atoms. The minimum atomic E-state index is -0.242. The van der Waals surface area contributed by atoms with Gasteiger partial charge in [0.05, 0.1) is 22.3 Å². The van der Waals surface area contributed by atoms with Gasteiger partial charge in [0.15, 0.2) is 0 Å². The van der Waals surface area contributed by atoms with Crippen LogP contribution in [0.5, 0.6) is 5.75 Å². The first-order valence-electron chi connectivity index (χ1n) is 15.2. The first-order chi connectivity index (χ1) is 21.9. The van der Waals surface area contributed by atoms with Crippen LogP contribution in [0.1, 0.15) is 26.3 Å². The molecule has 8 aromatic rings. The van der Waals surface area contributed by atoms with Crippen LogP contribution in [0.2, 0.25) is 0 Å². The van der Waals surface area contributed by atoms with Crippen LogP contribution in [-0.4, -0.2) is 19.6 Å². The number of imidazole rings is 1. The number of aromatic nitrogens is 3. The van der Waals surface area contributed by atoms with Gasteiger partial charge in [-0.25, -0.2) is 4.98 Å². The Labute approximate surface area is 261 Å². The molecule has 0 saturated heterocycles. The highest BCUT2D eigenvalue weighted by Gasteiger charge is 2.25. The molecule has 218 valence electrons. The quantitative estimate of drug-likeness (QED) is 0.223. The van der Waals surface area contributed by atoms with Crippen LogP contribution in [0.4, 0.5) is 0 Å². The lowest BCUT2D eigenvalue weighted by molar-refractivity contribution is 0.448. The zero-order valence-electron chi connectivity index (χ0n) is 25.3. The zero-order chi connectivity index (χ0) is 30.7. The van der Waals surface area contributed by atoms with E-state index in [1.54, 1.807) is 0 Å². The Kier molecular flexibility index (Phi) is 6.10. The van der Waals surface area contributed by atoms with Crippen molar-refractivity contribution < 1.29 is 9.52 Å². The zero-order valence-corrected chi connectivity index (χ0v) is 25.3. The average Bonchev–Trinajstić information content (AvgIpc) is 3.64. The maximum atomic E-state index is 11.7.